The number of para-hydroxylation sites is 2. The minimum absolute atomic E-state index is 0.891. The van der Waals surface area contributed by atoms with Crippen LogP contribution in [0, 0.1) is 0 Å². The standard InChI is InChI=1S/C86H94N4S2/c1-3-5-7-9-11-13-15-17-19-27-49-73-63-83(71-55-59-77(60-56-71)89-81(69-45-33-23-34-46-69)65-79(67-41-29-21-30-42-67)87-75-51-37-25-38-52-75)91-85(73)86-74(50-28-20-18-16-14-12-10-8-6-4-2)64-84(92-86)72-57-61-78(62-58-72)90-82(70-47-35-24-36-48-70)66-80(68-43-31-22-32-44-68)88-76-53-39-26-40-54-76/h21-26,29-48,51-66,87-88H,3-20,27-28,49-50H2,1-2H3/b79-65-,80-66-,89-81?,90-82?. The number of nitrogens with zero attached hydrogens (tertiary/aromatic N) is 2. The zero-order valence-electron chi connectivity index (χ0n) is 54.5. The van der Waals surface area contributed by atoms with Crippen molar-refractivity contribution in [1.82, 2.24) is 0 Å². The van der Waals surface area contributed by atoms with Gasteiger partial charge in [0, 0.05) is 53.4 Å². The SMILES string of the molecule is CCCCCCCCCCCCc1cc(-c2ccc(N=C(/C=C(\Nc3ccccc3)c3ccccc3)c3ccccc3)cc2)sc1-c1sc(-c2ccc(N=C(/C=C(\Nc3ccccc3)c3ccccc3)c3ccccc3)cc2)cc1CCCCCCCCCCCC. The zero-order chi connectivity index (χ0) is 63.0. The number of anilines is 2. The van der Waals surface area contributed by atoms with Crippen molar-refractivity contribution in [2.24, 2.45) is 9.98 Å². The second kappa shape index (κ2) is 37.2. The fraction of sp³-hybridized carbons (Fsp3) is 0.279. The fourth-order valence-corrected chi connectivity index (χ4v) is 14.6. The molecule has 0 radical (unpaired) electrons. The van der Waals surface area contributed by atoms with E-state index in [1.54, 1.807) is 0 Å². The average molecular weight is 1250 g/mol. The number of benzene rings is 8. The highest BCUT2D eigenvalue weighted by Gasteiger charge is 2.20. The van der Waals surface area contributed by atoms with E-state index < -0.39 is 0 Å². The molecule has 2 heterocycles. The number of nitrogens with one attached hydrogen (secondary N) is 2. The third-order valence-electron chi connectivity index (χ3n) is 17.2. The Balaban J connectivity index is 0.973. The van der Waals surface area contributed by atoms with Crippen LogP contribution in [0.2, 0.25) is 0 Å². The van der Waals surface area contributed by atoms with Crippen molar-refractivity contribution in [1.29, 1.82) is 0 Å². The van der Waals surface area contributed by atoms with Crippen LogP contribution >= 0.6 is 22.7 Å². The molecule has 0 amide bonds. The highest BCUT2D eigenvalue weighted by molar-refractivity contribution is 7.25. The van der Waals surface area contributed by atoms with E-state index in [9.17, 15) is 0 Å². The molecule has 0 saturated heterocycles. The summed E-state index contributed by atoms with van der Waals surface area (Å²) < 4.78 is 0. The van der Waals surface area contributed by atoms with Crippen molar-refractivity contribution in [3.8, 4) is 30.6 Å². The molecule has 6 heteroatoms. The van der Waals surface area contributed by atoms with Crippen LogP contribution in [0.5, 0.6) is 0 Å². The number of hydrogen-bond acceptors (Lipinski definition) is 6. The number of aryl methyl sites for hydroxylation is 2. The summed E-state index contributed by atoms with van der Waals surface area (Å²) in [6.07, 6.45) is 33.1. The molecule has 0 atom stereocenters. The molecule has 2 N–H and O–H groups in total. The van der Waals surface area contributed by atoms with Crippen LogP contribution in [0.4, 0.5) is 22.7 Å². The summed E-state index contributed by atoms with van der Waals surface area (Å²) in [7, 11) is 0. The first-order valence-corrected chi connectivity index (χ1v) is 36.1. The Morgan fingerprint density at radius 3 is 0.913 bits per heavy atom. The third-order valence-corrected chi connectivity index (χ3v) is 19.8. The van der Waals surface area contributed by atoms with Gasteiger partial charge in [0.05, 0.1) is 22.8 Å². The van der Waals surface area contributed by atoms with Gasteiger partial charge in [0.2, 0.25) is 0 Å². The van der Waals surface area contributed by atoms with Gasteiger partial charge in [0.1, 0.15) is 0 Å². The van der Waals surface area contributed by atoms with E-state index in [-0.39, 0.29) is 0 Å². The van der Waals surface area contributed by atoms with Gasteiger partial charge in [-0.2, -0.15) is 0 Å². The Morgan fingerprint density at radius 2 is 0.598 bits per heavy atom. The lowest BCUT2D eigenvalue weighted by Gasteiger charge is -2.13. The number of thiophene rings is 2. The molecule has 0 aliphatic rings. The van der Waals surface area contributed by atoms with E-state index in [1.807, 2.05) is 22.7 Å². The van der Waals surface area contributed by atoms with E-state index >= 15 is 0 Å². The molecule has 0 aliphatic carbocycles. The van der Waals surface area contributed by atoms with E-state index in [1.165, 1.54) is 170 Å². The van der Waals surface area contributed by atoms with Crippen molar-refractivity contribution >= 4 is 68.2 Å². The van der Waals surface area contributed by atoms with Gasteiger partial charge in [0.15, 0.2) is 0 Å². The van der Waals surface area contributed by atoms with Crippen LogP contribution in [0.15, 0.2) is 265 Å². The summed E-state index contributed by atoms with van der Waals surface area (Å²) >= 11 is 3.98. The molecule has 10 aromatic rings. The predicted molar refractivity (Wildman–Crippen MR) is 404 cm³/mol. The first-order chi connectivity index (χ1) is 45.6. The topological polar surface area (TPSA) is 48.8 Å². The molecule has 0 bridgehead atoms. The highest BCUT2D eigenvalue weighted by Crippen LogP contribution is 2.47. The minimum Gasteiger partial charge on any atom is -0.355 e. The van der Waals surface area contributed by atoms with Gasteiger partial charge in [-0.05, 0) is 132 Å². The molecule has 92 heavy (non-hydrogen) atoms. The maximum atomic E-state index is 5.40. The van der Waals surface area contributed by atoms with Crippen molar-refractivity contribution in [3.05, 3.63) is 288 Å². The molecule has 0 spiro atoms. The Hall–Kier alpha value is -8.42. The van der Waals surface area contributed by atoms with Gasteiger partial charge in [0.25, 0.3) is 0 Å². The van der Waals surface area contributed by atoms with Gasteiger partial charge in [-0.15, -0.1) is 22.7 Å². The summed E-state index contributed by atoms with van der Waals surface area (Å²) in [5.41, 5.74) is 17.4. The smallest absolute Gasteiger partial charge is 0.0730 e. The van der Waals surface area contributed by atoms with Crippen LogP contribution in [0.3, 0.4) is 0 Å². The van der Waals surface area contributed by atoms with Crippen LogP contribution in [-0.2, 0) is 12.8 Å². The lowest BCUT2D eigenvalue weighted by atomic mass is 10.00. The van der Waals surface area contributed by atoms with Gasteiger partial charge < -0.3 is 10.6 Å². The van der Waals surface area contributed by atoms with Gasteiger partial charge >= 0.3 is 0 Å². The van der Waals surface area contributed by atoms with Crippen LogP contribution in [0.25, 0.3) is 42.0 Å². The summed E-state index contributed by atoms with van der Waals surface area (Å²) in [5, 5.41) is 7.43. The van der Waals surface area contributed by atoms with Crippen LogP contribution in [0.1, 0.15) is 176 Å². The summed E-state index contributed by atoms with van der Waals surface area (Å²) in [6.45, 7) is 4.62. The van der Waals surface area contributed by atoms with E-state index in [0.29, 0.717) is 0 Å². The molecule has 0 unspecified atom stereocenters. The van der Waals surface area contributed by atoms with E-state index in [0.717, 1.165) is 80.7 Å². The molecule has 470 valence electrons. The molecule has 0 aliphatic heterocycles. The summed E-state index contributed by atoms with van der Waals surface area (Å²) in [5.74, 6) is 0. The Morgan fingerprint density at radius 1 is 0.315 bits per heavy atom. The number of rotatable bonds is 37. The maximum absolute atomic E-state index is 5.40. The van der Waals surface area contributed by atoms with E-state index in [2.05, 4.69) is 279 Å². The third kappa shape index (κ3) is 20.8. The minimum atomic E-state index is 0.891. The lowest BCUT2D eigenvalue weighted by molar-refractivity contribution is 0.556. The number of unbranched alkanes of at least 4 members (excludes halogenated alkanes) is 18. The number of hydrogen-bond donors (Lipinski definition) is 2. The zero-order valence-corrected chi connectivity index (χ0v) is 56.1. The molecule has 10 rings (SSSR count). The molecule has 4 nitrogen and oxygen atoms in total. The first kappa shape index (κ1) is 66.5. The van der Waals surface area contributed by atoms with E-state index in [4.69, 9.17) is 9.98 Å². The molecular weight excluding hydrogens is 1150 g/mol. The fourth-order valence-electron chi connectivity index (χ4n) is 12.0. The molecular formula is C86H94N4S2. The largest absolute Gasteiger partial charge is 0.355 e. The summed E-state index contributed by atoms with van der Waals surface area (Å²) in [6, 6.07) is 86.1. The Kier molecular flexibility index (Phi) is 26.9. The second-order valence-corrected chi connectivity index (χ2v) is 26.5. The van der Waals surface area contributed by atoms with Gasteiger partial charge in [-0.25, -0.2) is 9.98 Å². The van der Waals surface area contributed by atoms with Crippen LogP contribution in [-0.4, -0.2) is 11.4 Å². The van der Waals surface area contributed by atoms with Crippen molar-refractivity contribution in [2.45, 2.75) is 155 Å². The Labute approximate surface area is 559 Å². The van der Waals surface area contributed by atoms with Gasteiger partial charge in [-0.3, -0.25) is 0 Å². The van der Waals surface area contributed by atoms with Crippen molar-refractivity contribution in [2.75, 3.05) is 10.6 Å². The number of allylic oxidation sites excluding steroid dienone is 2. The number of aliphatic imine (C=N–C) groups is 2. The average Bonchev–Trinajstić information content (AvgIpc) is 1.83. The Bertz CT molecular complexity index is 3590. The second-order valence-electron chi connectivity index (χ2n) is 24.4. The first-order valence-electron chi connectivity index (χ1n) is 34.5. The summed E-state index contributed by atoms with van der Waals surface area (Å²) in [4.78, 5) is 16.3. The monoisotopic (exact) mass is 1250 g/mol. The maximum Gasteiger partial charge on any atom is 0.0730 e. The van der Waals surface area contributed by atoms with Crippen molar-refractivity contribution < 1.29 is 0 Å². The highest BCUT2D eigenvalue weighted by atomic mass is 32.1. The predicted octanol–water partition coefficient (Wildman–Crippen LogP) is 26.3. The molecule has 2 aromatic heterocycles. The normalized spacial score (nSPS) is 12.2. The van der Waals surface area contributed by atoms with Crippen molar-refractivity contribution in [3.63, 3.8) is 0 Å². The van der Waals surface area contributed by atoms with Crippen LogP contribution < -0.4 is 10.6 Å². The molecule has 8 aromatic carbocycles. The molecule has 0 fully saturated rings. The van der Waals surface area contributed by atoms with Gasteiger partial charge in [-0.1, -0.05) is 311 Å². The quantitative estimate of drug-likeness (QED) is 0.0301. The molecule has 0 saturated carbocycles. The lowest BCUT2D eigenvalue weighted by Crippen LogP contribution is -2.04.